The number of aromatic hydroxyl groups is 1. The summed E-state index contributed by atoms with van der Waals surface area (Å²) in [5, 5.41) is 12.1. The largest absolute Gasteiger partial charge is 0.508 e. The molecule has 1 unspecified atom stereocenters. The molecule has 1 aromatic rings. The maximum Gasteiger partial charge on any atom is 0.303 e. The molecule has 1 aromatic carbocycles. The van der Waals surface area contributed by atoms with Gasteiger partial charge in [0.2, 0.25) is 5.91 Å². The molecule has 0 saturated heterocycles. The fourth-order valence-electron chi connectivity index (χ4n) is 2.13. The summed E-state index contributed by atoms with van der Waals surface area (Å²) in [6.07, 6.45) is -0.595. The van der Waals surface area contributed by atoms with Gasteiger partial charge in [0.25, 0.3) is 0 Å². The van der Waals surface area contributed by atoms with Gasteiger partial charge in [0.1, 0.15) is 18.5 Å². The van der Waals surface area contributed by atoms with Gasteiger partial charge < -0.3 is 25.6 Å². The Balaban J connectivity index is 2.43. The van der Waals surface area contributed by atoms with E-state index in [0.717, 1.165) is 5.56 Å². The molecule has 0 heterocycles. The van der Waals surface area contributed by atoms with Crippen molar-refractivity contribution in [2.45, 2.75) is 39.0 Å². The van der Waals surface area contributed by atoms with Gasteiger partial charge in [0, 0.05) is 25.4 Å². The van der Waals surface area contributed by atoms with Gasteiger partial charge >= 0.3 is 11.9 Å². The lowest BCUT2D eigenvalue weighted by Gasteiger charge is -2.19. The highest BCUT2D eigenvalue weighted by atomic mass is 32.2. The molecule has 0 fully saturated rings. The number of ether oxygens (including phenoxy) is 2. The number of phenols is 1. The fourth-order valence-corrected chi connectivity index (χ4v) is 3.10. The molecule has 0 bridgehead atoms. The van der Waals surface area contributed by atoms with Crippen molar-refractivity contribution in [3.63, 3.8) is 0 Å². The Morgan fingerprint density at radius 3 is 2.33 bits per heavy atom. The molecular formula is C18H26N2O6S. The van der Waals surface area contributed by atoms with E-state index in [-0.39, 0.29) is 24.3 Å². The smallest absolute Gasteiger partial charge is 0.303 e. The second-order valence-electron chi connectivity index (χ2n) is 6.00. The Hall–Kier alpha value is -2.26. The molecule has 0 aliphatic heterocycles. The van der Waals surface area contributed by atoms with E-state index in [0.29, 0.717) is 11.5 Å². The predicted molar refractivity (Wildman–Crippen MR) is 102 cm³/mol. The van der Waals surface area contributed by atoms with Crippen LogP contribution < -0.4 is 11.1 Å². The standard InChI is InChI=1S/C18H26N2O6S/c1-11(14-4-6-15(23)7-5-14)20-18(24)17(19)10-27-9-16(26-13(3)22)8-25-12(2)21/h4-7,11,16-17,23H,8-10,19H2,1-3H3,(H,20,24)/t11?,16-,17+/m1/s1. The normalized spacial score (nSPS) is 13.9. The molecule has 0 radical (unpaired) electrons. The van der Waals surface area contributed by atoms with Crippen molar-refractivity contribution in [2.75, 3.05) is 18.1 Å². The summed E-state index contributed by atoms with van der Waals surface area (Å²) in [6, 6.07) is 5.53. The number of nitrogens with one attached hydrogen (secondary N) is 1. The van der Waals surface area contributed by atoms with Gasteiger partial charge in [-0.05, 0) is 24.6 Å². The van der Waals surface area contributed by atoms with Gasteiger partial charge in [0.05, 0.1) is 12.1 Å². The van der Waals surface area contributed by atoms with Crippen LogP contribution in [-0.2, 0) is 23.9 Å². The van der Waals surface area contributed by atoms with Crippen LogP contribution in [0.1, 0.15) is 32.4 Å². The van der Waals surface area contributed by atoms with E-state index in [2.05, 4.69) is 5.32 Å². The minimum atomic E-state index is -0.749. The molecular weight excluding hydrogens is 372 g/mol. The third-order valence-electron chi connectivity index (χ3n) is 3.49. The molecule has 4 N–H and O–H groups in total. The molecule has 27 heavy (non-hydrogen) atoms. The minimum absolute atomic E-state index is 0.0404. The lowest BCUT2D eigenvalue weighted by Crippen LogP contribution is -2.43. The summed E-state index contributed by atoms with van der Waals surface area (Å²) in [7, 11) is 0. The van der Waals surface area contributed by atoms with E-state index in [9.17, 15) is 19.5 Å². The molecule has 150 valence electrons. The maximum absolute atomic E-state index is 12.2. The Morgan fingerprint density at radius 2 is 1.78 bits per heavy atom. The zero-order valence-electron chi connectivity index (χ0n) is 15.6. The topological polar surface area (TPSA) is 128 Å². The highest BCUT2D eigenvalue weighted by Crippen LogP contribution is 2.16. The van der Waals surface area contributed by atoms with Crippen molar-refractivity contribution < 1.29 is 29.0 Å². The fraction of sp³-hybridized carbons (Fsp3) is 0.500. The van der Waals surface area contributed by atoms with Crippen molar-refractivity contribution in [2.24, 2.45) is 5.73 Å². The van der Waals surface area contributed by atoms with Gasteiger partial charge in [-0.3, -0.25) is 14.4 Å². The summed E-state index contributed by atoms with van der Waals surface area (Å²) in [5.41, 5.74) is 6.76. The number of carbonyl (C=O) groups excluding carboxylic acids is 3. The number of esters is 2. The lowest BCUT2D eigenvalue weighted by molar-refractivity contribution is -0.154. The van der Waals surface area contributed by atoms with Crippen LogP contribution in [0.3, 0.4) is 0 Å². The molecule has 8 nitrogen and oxygen atoms in total. The summed E-state index contributed by atoms with van der Waals surface area (Å²) >= 11 is 1.33. The lowest BCUT2D eigenvalue weighted by atomic mass is 10.1. The Bertz CT molecular complexity index is 637. The van der Waals surface area contributed by atoms with E-state index >= 15 is 0 Å². The first-order valence-electron chi connectivity index (χ1n) is 8.42. The SMILES string of the molecule is CC(=O)OC[C@H](CSC[C@H](N)C(=O)NC(C)c1ccc(O)cc1)OC(C)=O. The molecule has 0 aliphatic rings. The first-order valence-corrected chi connectivity index (χ1v) is 9.57. The van der Waals surface area contributed by atoms with Crippen LogP contribution in [0.2, 0.25) is 0 Å². The zero-order valence-corrected chi connectivity index (χ0v) is 16.5. The number of amides is 1. The summed E-state index contributed by atoms with van der Waals surface area (Å²) in [5.74, 6) is -0.435. The minimum Gasteiger partial charge on any atom is -0.508 e. The van der Waals surface area contributed by atoms with E-state index in [1.54, 1.807) is 24.3 Å². The quantitative estimate of drug-likeness (QED) is 0.500. The highest BCUT2D eigenvalue weighted by Gasteiger charge is 2.19. The Labute approximate surface area is 162 Å². The number of hydrogen-bond acceptors (Lipinski definition) is 8. The third-order valence-corrected chi connectivity index (χ3v) is 4.70. The monoisotopic (exact) mass is 398 g/mol. The molecule has 0 aliphatic carbocycles. The first-order chi connectivity index (χ1) is 12.7. The maximum atomic E-state index is 12.2. The van der Waals surface area contributed by atoms with Crippen LogP contribution in [0.4, 0.5) is 0 Å². The molecule has 1 amide bonds. The zero-order chi connectivity index (χ0) is 20.4. The number of rotatable bonds is 10. The van der Waals surface area contributed by atoms with E-state index in [1.807, 2.05) is 6.92 Å². The van der Waals surface area contributed by atoms with Crippen LogP contribution >= 0.6 is 11.8 Å². The van der Waals surface area contributed by atoms with Crippen molar-refractivity contribution in [1.82, 2.24) is 5.32 Å². The number of thioether (sulfide) groups is 1. The average Bonchev–Trinajstić information content (AvgIpc) is 2.59. The van der Waals surface area contributed by atoms with Gasteiger partial charge in [-0.2, -0.15) is 11.8 Å². The summed E-state index contributed by atoms with van der Waals surface area (Å²) in [6.45, 7) is 4.32. The van der Waals surface area contributed by atoms with Crippen LogP contribution in [0.5, 0.6) is 5.75 Å². The van der Waals surface area contributed by atoms with Crippen molar-refractivity contribution in [3.8, 4) is 5.75 Å². The van der Waals surface area contributed by atoms with Crippen LogP contribution in [0.15, 0.2) is 24.3 Å². The second kappa shape index (κ2) is 11.5. The first kappa shape index (κ1) is 22.8. The van der Waals surface area contributed by atoms with Gasteiger partial charge in [-0.1, -0.05) is 12.1 Å². The summed E-state index contributed by atoms with van der Waals surface area (Å²) in [4.78, 5) is 34.2. The predicted octanol–water partition coefficient (Wildman–Crippen LogP) is 1.12. The molecule has 3 atom stereocenters. The highest BCUT2D eigenvalue weighted by molar-refractivity contribution is 7.99. The van der Waals surface area contributed by atoms with E-state index < -0.39 is 24.1 Å². The van der Waals surface area contributed by atoms with Crippen molar-refractivity contribution in [1.29, 1.82) is 0 Å². The summed E-state index contributed by atoms with van der Waals surface area (Å²) < 4.78 is 9.94. The number of benzene rings is 1. The Kier molecular flexibility index (Phi) is 9.66. The third kappa shape index (κ3) is 9.30. The second-order valence-corrected chi connectivity index (χ2v) is 7.07. The molecule has 0 saturated carbocycles. The van der Waals surface area contributed by atoms with Crippen molar-refractivity contribution in [3.05, 3.63) is 29.8 Å². The van der Waals surface area contributed by atoms with Gasteiger partial charge in [-0.25, -0.2) is 0 Å². The van der Waals surface area contributed by atoms with Crippen LogP contribution in [0, 0.1) is 0 Å². The Morgan fingerprint density at radius 1 is 1.15 bits per heavy atom. The van der Waals surface area contributed by atoms with E-state index in [4.69, 9.17) is 15.2 Å². The average molecular weight is 398 g/mol. The molecule has 0 spiro atoms. The van der Waals surface area contributed by atoms with Crippen molar-refractivity contribution >= 4 is 29.6 Å². The van der Waals surface area contributed by atoms with Gasteiger partial charge in [0.15, 0.2) is 0 Å². The number of hydrogen-bond donors (Lipinski definition) is 3. The number of nitrogens with two attached hydrogens (primary N) is 1. The number of carbonyl (C=O) groups is 3. The van der Waals surface area contributed by atoms with E-state index in [1.165, 1.54) is 25.6 Å². The molecule has 0 aromatic heterocycles. The van der Waals surface area contributed by atoms with Crippen LogP contribution in [0.25, 0.3) is 0 Å². The van der Waals surface area contributed by atoms with Crippen LogP contribution in [-0.4, -0.2) is 53.2 Å². The molecule has 9 heteroatoms. The molecule has 1 rings (SSSR count). The number of phenolic OH excluding ortho intramolecular Hbond substituents is 1. The van der Waals surface area contributed by atoms with Gasteiger partial charge in [-0.15, -0.1) is 0 Å².